The Morgan fingerprint density at radius 2 is 1.81 bits per heavy atom. The zero-order chi connectivity index (χ0) is 23.7. The Balaban J connectivity index is 1.74. The zero-order valence-electron chi connectivity index (χ0n) is 15.9. The first kappa shape index (κ1) is 22.3. The van der Waals surface area contributed by atoms with Crippen molar-refractivity contribution in [1.29, 1.82) is 0 Å². The van der Waals surface area contributed by atoms with E-state index in [2.05, 4.69) is 15.5 Å². The summed E-state index contributed by atoms with van der Waals surface area (Å²) in [4.78, 5) is 32.1. The van der Waals surface area contributed by atoms with Crippen molar-refractivity contribution in [3.8, 4) is 0 Å². The van der Waals surface area contributed by atoms with Gasteiger partial charge in [0.15, 0.2) is 17.5 Å². The van der Waals surface area contributed by atoms with Gasteiger partial charge >= 0.3 is 11.5 Å². The Morgan fingerprint density at radius 1 is 1.12 bits per heavy atom. The summed E-state index contributed by atoms with van der Waals surface area (Å²) >= 11 is 0. The summed E-state index contributed by atoms with van der Waals surface area (Å²) in [7, 11) is 0. The van der Waals surface area contributed by atoms with E-state index in [1.165, 1.54) is 6.92 Å². The normalized spacial score (nSPS) is 10.9. The molecule has 0 aliphatic rings. The second-order valence-corrected chi connectivity index (χ2v) is 6.35. The van der Waals surface area contributed by atoms with E-state index in [1.807, 2.05) is 0 Å². The maximum atomic E-state index is 13.8. The number of nitrogens with zero attached hydrogens (tertiary/aromatic N) is 6. The number of hydrogen-bond donors (Lipinski definition) is 1. The molecule has 1 aromatic carbocycles. The van der Waals surface area contributed by atoms with Gasteiger partial charge in [0.05, 0.1) is 28.5 Å². The first-order chi connectivity index (χ1) is 15.0. The fourth-order valence-corrected chi connectivity index (χ4v) is 2.77. The molecule has 0 unspecified atom stereocenters. The first-order valence-electron chi connectivity index (χ1n) is 8.50. The third-order valence-electron chi connectivity index (χ3n) is 4.25. The van der Waals surface area contributed by atoms with Crippen molar-refractivity contribution in [2.45, 2.75) is 20.0 Å². The van der Waals surface area contributed by atoms with Gasteiger partial charge in [0, 0.05) is 17.8 Å². The number of amides is 1. The van der Waals surface area contributed by atoms with Crippen LogP contribution in [0, 0.1) is 50.4 Å². The van der Waals surface area contributed by atoms with E-state index in [-0.39, 0.29) is 17.4 Å². The summed E-state index contributed by atoms with van der Waals surface area (Å²) < 4.78 is 55.6. The Kier molecular flexibility index (Phi) is 5.86. The number of nitrogens with one attached hydrogen (secondary N) is 1. The van der Waals surface area contributed by atoms with Crippen molar-refractivity contribution >= 4 is 23.1 Å². The lowest BCUT2D eigenvalue weighted by atomic mass is 10.2. The highest BCUT2D eigenvalue weighted by Gasteiger charge is 2.35. The highest BCUT2D eigenvalue weighted by atomic mass is 19.2. The molecular weight excluding hydrogens is 446 g/mol. The number of carbonyl (C=O) groups excluding carboxylic acids is 1. The lowest BCUT2D eigenvalue weighted by molar-refractivity contribution is -0.424. The average Bonchev–Trinajstić information content (AvgIpc) is 3.27. The molecule has 168 valence electrons. The van der Waals surface area contributed by atoms with Gasteiger partial charge in [-0.3, -0.25) is 19.6 Å². The Hall–Kier alpha value is -4.37. The maximum Gasteiger partial charge on any atom is 0.468 e. The monoisotopic (exact) mass is 457 g/mol. The fraction of sp³-hybridized carbons (Fsp3) is 0.188. The van der Waals surface area contributed by atoms with Crippen LogP contribution < -0.4 is 5.32 Å². The molecule has 0 bridgehead atoms. The molecule has 0 radical (unpaired) electrons. The summed E-state index contributed by atoms with van der Waals surface area (Å²) in [6.45, 7) is -0.0755. The van der Waals surface area contributed by atoms with E-state index in [9.17, 15) is 42.6 Å². The molecule has 0 aliphatic carbocycles. The van der Waals surface area contributed by atoms with E-state index < -0.39 is 69.2 Å². The third-order valence-corrected chi connectivity index (χ3v) is 4.25. The summed E-state index contributed by atoms with van der Waals surface area (Å²) in [5, 5.41) is 31.4. The third kappa shape index (κ3) is 4.23. The summed E-state index contributed by atoms with van der Waals surface area (Å²) in [6.07, 6.45) is 2.20. The van der Waals surface area contributed by atoms with Crippen molar-refractivity contribution in [1.82, 2.24) is 19.6 Å². The number of hydrogen-bond acceptors (Lipinski definition) is 7. The van der Waals surface area contributed by atoms with Crippen molar-refractivity contribution in [3.05, 3.63) is 73.2 Å². The van der Waals surface area contributed by atoms with Crippen LogP contribution in [0.1, 0.15) is 11.3 Å². The van der Waals surface area contributed by atoms with Crippen LogP contribution >= 0.6 is 0 Å². The van der Waals surface area contributed by atoms with E-state index in [1.54, 1.807) is 0 Å². The minimum absolute atomic E-state index is 0.0206. The maximum absolute atomic E-state index is 13.8. The lowest BCUT2D eigenvalue weighted by Crippen LogP contribution is -2.20. The van der Waals surface area contributed by atoms with Crippen molar-refractivity contribution in [2.24, 2.45) is 0 Å². The van der Waals surface area contributed by atoms with E-state index in [4.69, 9.17) is 0 Å². The average molecular weight is 457 g/mol. The Labute approximate surface area is 174 Å². The van der Waals surface area contributed by atoms with Crippen LogP contribution in [0.15, 0.2) is 18.5 Å². The van der Waals surface area contributed by atoms with Crippen LogP contribution in [0.4, 0.5) is 34.8 Å². The van der Waals surface area contributed by atoms with Gasteiger partial charge in [-0.25, -0.2) is 17.6 Å². The van der Waals surface area contributed by atoms with Crippen molar-refractivity contribution in [3.63, 3.8) is 0 Å². The number of benzene rings is 1. The molecule has 1 N–H and O–H groups in total. The molecule has 32 heavy (non-hydrogen) atoms. The summed E-state index contributed by atoms with van der Waals surface area (Å²) in [6, 6.07) is 0.185. The van der Waals surface area contributed by atoms with Gasteiger partial charge in [-0.15, -0.1) is 0 Å². The predicted octanol–water partition coefficient (Wildman–Crippen LogP) is 2.45. The van der Waals surface area contributed by atoms with Crippen LogP contribution in [0.3, 0.4) is 0 Å². The molecular formula is C16H11F4N7O5. The van der Waals surface area contributed by atoms with Crippen molar-refractivity contribution in [2.75, 3.05) is 5.32 Å². The molecule has 0 saturated carbocycles. The Bertz CT molecular complexity index is 1260. The second-order valence-electron chi connectivity index (χ2n) is 6.35. The standard InChI is InChI=1S/C16H11F4N7O5/c1-7-15(26(29)30)16(27(31)32)23-25(7)6-12(28)22-8-3-21-24(4-8)5-9-10(17)2-11(18)14(20)13(9)19/h2-4H,5-6H2,1H3,(H,22,28). The molecule has 3 aromatic rings. The molecule has 0 spiro atoms. The van der Waals surface area contributed by atoms with Crippen LogP contribution in [-0.2, 0) is 17.9 Å². The zero-order valence-corrected chi connectivity index (χ0v) is 15.9. The minimum Gasteiger partial charge on any atom is -0.358 e. The number of halogens is 4. The quantitative estimate of drug-likeness (QED) is 0.188. The van der Waals surface area contributed by atoms with Gasteiger partial charge in [0.25, 0.3) is 0 Å². The molecule has 2 heterocycles. The second kappa shape index (κ2) is 8.40. The largest absolute Gasteiger partial charge is 0.468 e. The molecule has 0 aliphatic heterocycles. The minimum atomic E-state index is -1.85. The van der Waals surface area contributed by atoms with E-state index >= 15 is 0 Å². The van der Waals surface area contributed by atoms with Gasteiger partial charge in [-0.2, -0.15) is 9.78 Å². The molecule has 1 amide bonds. The number of aromatic nitrogens is 4. The highest BCUT2D eigenvalue weighted by molar-refractivity contribution is 5.90. The molecule has 2 aromatic heterocycles. The van der Waals surface area contributed by atoms with Gasteiger partial charge in [-0.05, 0) is 11.8 Å². The van der Waals surface area contributed by atoms with Gasteiger partial charge in [-0.1, -0.05) is 0 Å². The molecule has 0 atom stereocenters. The lowest BCUT2D eigenvalue weighted by Gasteiger charge is -2.07. The Morgan fingerprint density at radius 3 is 2.41 bits per heavy atom. The number of rotatable bonds is 7. The summed E-state index contributed by atoms with van der Waals surface area (Å²) in [5.41, 5.74) is -1.85. The van der Waals surface area contributed by atoms with Crippen molar-refractivity contribution < 1.29 is 32.2 Å². The fourth-order valence-electron chi connectivity index (χ4n) is 2.77. The van der Waals surface area contributed by atoms with Crippen LogP contribution in [0.5, 0.6) is 0 Å². The van der Waals surface area contributed by atoms with Gasteiger partial charge in [0.1, 0.15) is 18.1 Å². The predicted molar refractivity (Wildman–Crippen MR) is 96.5 cm³/mol. The molecule has 12 nitrogen and oxygen atoms in total. The highest BCUT2D eigenvalue weighted by Crippen LogP contribution is 2.29. The SMILES string of the molecule is Cc1c([N+](=O)[O-])c([N+](=O)[O-])nn1CC(=O)Nc1cnn(Cc2c(F)cc(F)c(F)c2F)c1. The van der Waals surface area contributed by atoms with Crippen LogP contribution in [0.2, 0.25) is 0 Å². The van der Waals surface area contributed by atoms with Gasteiger partial charge < -0.3 is 15.4 Å². The van der Waals surface area contributed by atoms with Gasteiger partial charge in [0.2, 0.25) is 5.91 Å². The van der Waals surface area contributed by atoms with E-state index in [0.29, 0.717) is 0 Å². The summed E-state index contributed by atoms with van der Waals surface area (Å²) in [5.74, 6) is -8.42. The molecule has 16 heteroatoms. The smallest absolute Gasteiger partial charge is 0.358 e. The van der Waals surface area contributed by atoms with Crippen LogP contribution in [-0.4, -0.2) is 35.3 Å². The van der Waals surface area contributed by atoms with E-state index in [0.717, 1.165) is 21.8 Å². The number of anilines is 1. The number of nitro groups is 2. The molecule has 3 rings (SSSR count). The van der Waals surface area contributed by atoms with Crippen LogP contribution in [0.25, 0.3) is 0 Å². The molecule has 0 fully saturated rings. The molecule has 0 saturated heterocycles. The topological polar surface area (TPSA) is 151 Å². The number of carbonyl (C=O) groups is 1. The first-order valence-corrected chi connectivity index (χ1v) is 8.50.